The molecule has 0 saturated carbocycles. The van der Waals surface area contributed by atoms with Gasteiger partial charge in [0.1, 0.15) is 0 Å². The first kappa shape index (κ1) is 14.8. The minimum Gasteiger partial charge on any atom is -0.493 e. The Hall–Kier alpha value is -1.22. The molecule has 0 saturated heterocycles. The van der Waals surface area contributed by atoms with Crippen LogP contribution < -0.4 is 9.47 Å². The monoisotopic (exact) mass is 252 g/mol. The van der Waals surface area contributed by atoms with Gasteiger partial charge in [-0.1, -0.05) is 19.4 Å². The van der Waals surface area contributed by atoms with Gasteiger partial charge in [0.25, 0.3) is 0 Å². The van der Waals surface area contributed by atoms with Gasteiger partial charge in [0.15, 0.2) is 11.5 Å². The molecule has 0 aliphatic carbocycles. The van der Waals surface area contributed by atoms with Gasteiger partial charge in [-0.25, -0.2) is 0 Å². The van der Waals surface area contributed by atoms with Crippen molar-refractivity contribution in [1.82, 2.24) is 0 Å². The van der Waals surface area contributed by atoms with Crippen LogP contribution in [0.25, 0.3) is 0 Å². The van der Waals surface area contributed by atoms with Crippen LogP contribution in [0.15, 0.2) is 18.2 Å². The zero-order valence-corrected chi connectivity index (χ0v) is 11.4. The van der Waals surface area contributed by atoms with Gasteiger partial charge < -0.3 is 14.6 Å². The number of aryl methyl sites for hydroxylation is 1. The topological polar surface area (TPSA) is 38.7 Å². The van der Waals surface area contributed by atoms with Gasteiger partial charge in [0.05, 0.1) is 13.7 Å². The van der Waals surface area contributed by atoms with Crippen molar-refractivity contribution in [2.75, 3.05) is 20.3 Å². The number of hydrogen-bond acceptors (Lipinski definition) is 3. The lowest BCUT2D eigenvalue weighted by Gasteiger charge is -2.11. The molecule has 1 aromatic carbocycles. The highest BCUT2D eigenvalue weighted by Crippen LogP contribution is 2.28. The minimum absolute atomic E-state index is 0.285. The van der Waals surface area contributed by atoms with Gasteiger partial charge >= 0.3 is 0 Å². The van der Waals surface area contributed by atoms with E-state index in [0.29, 0.717) is 6.61 Å². The van der Waals surface area contributed by atoms with Crippen molar-refractivity contribution >= 4 is 0 Å². The van der Waals surface area contributed by atoms with Crippen molar-refractivity contribution in [3.05, 3.63) is 23.8 Å². The second kappa shape index (κ2) is 8.81. The summed E-state index contributed by atoms with van der Waals surface area (Å²) in [7, 11) is 1.67. The molecule has 0 spiro atoms. The van der Waals surface area contributed by atoms with Crippen LogP contribution in [0.1, 0.15) is 38.2 Å². The van der Waals surface area contributed by atoms with Crippen molar-refractivity contribution in [2.24, 2.45) is 0 Å². The molecule has 0 atom stereocenters. The lowest BCUT2D eigenvalue weighted by atomic mass is 10.1. The number of unbranched alkanes of at least 4 members (excludes halogenated alkanes) is 3. The maximum absolute atomic E-state index is 8.67. The molecule has 0 amide bonds. The van der Waals surface area contributed by atoms with Crippen LogP contribution in [-0.2, 0) is 6.42 Å². The first-order valence-corrected chi connectivity index (χ1v) is 6.72. The van der Waals surface area contributed by atoms with Crippen LogP contribution >= 0.6 is 0 Å². The normalized spacial score (nSPS) is 10.4. The van der Waals surface area contributed by atoms with Gasteiger partial charge in [0, 0.05) is 6.61 Å². The molecule has 102 valence electrons. The molecule has 18 heavy (non-hydrogen) atoms. The van der Waals surface area contributed by atoms with Crippen molar-refractivity contribution in [3.8, 4) is 11.5 Å². The van der Waals surface area contributed by atoms with Crippen molar-refractivity contribution in [2.45, 2.75) is 39.0 Å². The summed E-state index contributed by atoms with van der Waals surface area (Å²) in [5.74, 6) is 1.63. The SMILES string of the molecule is CCc1ccc(OCCCCCCO)c(OC)c1. The van der Waals surface area contributed by atoms with E-state index < -0.39 is 0 Å². The summed E-state index contributed by atoms with van der Waals surface area (Å²) in [5, 5.41) is 8.67. The Balaban J connectivity index is 2.37. The Labute approximate surface area is 110 Å². The predicted octanol–water partition coefficient (Wildman–Crippen LogP) is 3.19. The lowest BCUT2D eigenvalue weighted by Crippen LogP contribution is -2.00. The molecular formula is C15H24O3. The van der Waals surface area contributed by atoms with Gasteiger partial charge in [-0.15, -0.1) is 0 Å². The van der Waals surface area contributed by atoms with Crippen LogP contribution in [0.2, 0.25) is 0 Å². The maximum Gasteiger partial charge on any atom is 0.161 e. The standard InChI is InChI=1S/C15H24O3/c1-3-13-8-9-14(15(12-13)17-2)18-11-7-5-4-6-10-16/h8-9,12,16H,3-7,10-11H2,1-2H3. The fourth-order valence-corrected chi connectivity index (χ4v) is 1.80. The van der Waals surface area contributed by atoms with Crippen molar-refractivity contribution < 1.29 is 14.6 Å². The molecule has 1 N–H and O–H groups in total. The molecule has 3 heteroatoms. The van der Waals surface area contributed by atoms with E-state index in [9.17, 15) is 0 Å². The smallest absolute Gasteiger partial charge is 0.161 e. The second-order valence-corrected chi connectivity index (χ2v) is 4.33. The third-order valence-electron chi connectivity index (χ3n) is 2.95. The lowest BCUT2D eigenvalue weighted by molar-refractivity contribution is 0.268. The first-order chi connectivity index (χ1) is 8.81. The van der Waals surface area contributed by atoms with E-state index >= 15 is 0 Å². The van der Waals surface area contributed by atoms with E-state index in [0.717, 1.165) is 43.6 Å². The van der Waals surface area contributed by atoms with Gasteiger partial charge in [-0.3, -0.25) is 0 Å². The largest absolute Gasteiger partial charge is 0.493 e. The maximum atomic E-state index is 8.67. The molecule has 0 fully saturated rings. The zero-order valence-electron chi connectivity index (χ0n) is 11.4. The molecule has 0 unspecified atom stereocenters. The highest BCUT2D eigenvalue weighted by molar-refractivity contribution is 5.42. The molecular weight excluding hydrogens is 228 g/mol. The summed E-state index contributed by atoms with van der Waals surface area (Å²) in [6.45, 7) is 3.11. The molecule has 1 aromatic rings. The fourth-order valence-electron chi connectivity index (χ4n) is 1.80. The Morgan fingerprint density at radius 1 is 1.06 bits per heavy atom. The first-order valence-electron chi connectivity index (χ1n) is 6.72. The molecule has 0 bridgehead atoms. The van der Waals surface area contributed by atoms with E-state index in [1.807, 2.05) is 12.1 Å². The van der Waals surface area contributed by atoms with E-state index in [-0.39, 0.29) is 6.61 Å². The average molecular weight is 252 g/mol. The number of aliphatic hydroxyl groups excluding tert-OH is 1. The molecule has 1 rings (SSSR count). The van der Waals surface area contributed by atoms with Gasteiger partial charge in [-0.05, 0) is 43.4 Å². The van der Waals surface area contributed by atoms with Gasteiger partial charge in [-0.2, -0.15) is 0 Å². The summed E-state index contributed by atoms with van der Waals surface area (Å²) in [6.07, 6.45) is 5.05. The number of rotatable bonds is 9. The molecule has 0 radical (unpaired) electrons. The molecule has 0 aliphatic rings. The third-order valence-corrected chi connectivity index (χ3v) is 2.95. The highest BCUT2D eigenvalue weighted by Gasteiger charge is 2.04. The minimum atomic E-state index is 0.285. The van der Waals surface area contributed by atoms with Crippen LogP contribution in [0, 0.1) is 0 Å². The van der Waals surface area contributed by atoms with E-state index in [2.05, 4.69) is 13.0 Å². The number of methoxy groups -OCH3 is 1. The van der Waals surface area contributed by atoms with E-state index in [1.54, 1.807) is 7.11 Å². The van der Waals surface area contributed by atoms with Crippen LogP contribution in [0.4, 0.5) is 0 Å². The van der Waals surface area contributed by atoms with Gasteiger partial charge in [0.2, 0.25) is 0 Å². The third kappa shape index (κ3) is 4.96. The van der Waals surface area contributed by atoms with E-state index in [4.69, 9.17) is 14.6 Å². The average Bonchev–Trinajstić information content (AvgIpc) is 2.42. The van der Waals surface area contributed by atoms with Crippen LogP contribution in [0.5, 0.6) is 11.5 Å². The summed E-state index contributed by atoms with van der Waals surface area (Å²) in [6, 6.07) is 6.08. The quantitative estimate of drug-likeness (QED) is 0.686. The van der Waals surface area contributed by atoms with E-state index in [1.165, 1.54) is 5.56 Å². The van der Waals surface area contributed by atoms with Crippen LogP contribution in [0.3, 0.4) is 0 Å². The molecule has 3 nitrogen and oxygen atoms in total. The van der Waals surface area contributed by atoms with Crippen LogP contribution in [-0.4, -0.2) is 25.4 Å². The second-order valence-electron chi connectivity index (χ2n) is 4.33. The fraction of sp³-hybridized carbons (Fsp3) is 0.600. The molecule has 0 aliphatic heterocycles. The summed E-state index contributed by atoms with van der Waals surface area (Å²) >= 11 is 0. The summed E-state index contributed by atoms with van der Waals surface area (Å²) in [4.78, 5) is 0. The Kier molecular flexibility index (Phi) is 7.26. The Morgan fingerprint density at radius 3 is 2.50 bits per heavy atom. The summed E-state index contributed by atoms with van der Waals surface area (Å²) in [5.41, 5.74) is 1.25. The highest BCUT2D eigenvalue weighted by atomic mass is 16.5. The Bertz CT molecular complexity index is 337. The van der Waals surface area contributed by atoms with Crippen molar-refractivity contribution in [3.63, 3.8) is 0 Å². The number of benzene rings is 1. The van der Waals surface area contributed by atoms with Crippen molar-refractivity contribution in [1.29, 1.82) is 0 Å². The summed E-state index contributed by atoms with van der Waals surface area (Å²) < 4.78 is 11.0. The molecule has 0 aromatic heterocycles. The zero-order chi connectivity index (χ0) is 13.2. The number of aliphatic hydroxyl groups is 1. The number of ether oxygens (including phenoxy) is 2. The predicted molar refractivity (Wildman–Crippen MR) is 73.4 cm³/mol. The Morgan fingerprint density at radius 2 is 1.83 bits per heavy atom. The molecule has 0 heterocycles. The number of hydrogen-bond donors (Lipinski definition) is 1.